The lowest BCUT2D eigenvalue weighted by molar-refractivity contribution is 0.115. The zero-order chi connectivity index (χ0) is 11.7. The van der Waals surface area contributed by atoms with E-state index >= 15 is 0 Å². The van der Waals surface area contributed by atoms with Crippen molar-refractivity contribution in [3.8, 4) is 0 Å². The first-order valence-corrected chi connectivity index (χ1v) is 5.40. The quantitative estimate of drug-likeness (QED) is 0.681. The van der Waals surface area contributed by atoms with Gasteiger partial charge in [-0.05, 0) is 27.7 Å². The van der Waals surface area contributed by atoms with Crippen LogP contribution >= 0.6 is 0 Å². The third kappa shape index (κ3) is 4.30. The Hall–Kier alpha value is -1.08. The maximum atomic E-state index is 10.5. The van der Waals surface area contributed by atoms with E-state index in [2.05, 4.69) is 0 Å². The van der Waals surface area contributed by atoms with E-state index in [1.54, 1.807) is 0 Å². The van der Waals surface area contributed by atoms with Gasteiger partial charge >= 0.3 is 0 Å². The van der Waals surface area contributed by atoms with E-state index in [9.17, 15) is 5.11 Å². The van der Waals surface area contributed by atoms with Crippen LogP contribution in [-0.4, -0.2) is 10.7 Å². The molecule has 0 spiro atoms. The van der Waals surface area contributed by atoms with Gasteiger partial charge in [0.1, 0.15) is 5.60 Å². The Balaban J connectivity index is 5.15. The molecule has 0 unspecified atom stereocenters. The second kappa shape index (κ2) is 7.24. The van der Waals surface area contributed by atoms with Crippen molar-refractivity contribution < 1.29 is 5.11 Å². The average molecular weight is 206 g/mol. The molecule has 1 nitrogen and oxygen atoms in total. The van der Waals surface area contributed by atoms with E-state index in [0.717, 1.165) is 0 Å². The van der Waals surface area contributed by atoms with Crippen molar-refractivity contribution in [1.82, 2.24) is 0 Å². The number of rotatable bonds is 5. The van der Waals surface area contributed by atoms with E-state index in [4.69, 9.17) is 0 Å². The van der Waals surface area contributed by atoms with Gasteiger partial charge in [0.05, 0.1) is 0 Å². The van der Waals surface area contributed by atoms with E-state index < -0.39 is 5.60 Å². The van der Waals surface area contributed by atoms with Crippen LogP contribution < -0.4 is 0 Å². The fourth-order valence-electron chi connectivity index (χ4n) is 1.60. The molecule has 0 saturated heterocycles. The van der Waals surface area contributed by atoms with Gasteiger partial charge in [0.15, 0.2) is 0 Å². The summed E-state index contributed by atoms with van der Waals surface area (Å²) in [6.07, 6.45) is 15.3. The van der Waals surface area contributed by atoms with Crippen LogP contribution in [0.3, 0.4) is 0 Å². The van der Waals surface area contributed by atoms with Crippen LogP contribution in [0.2, 0.25) is 0 Å². The van der Waals surface area contributed by atoms with Gasteiger partial charge in [-0.1, -0.05) is 48.6 Å². The van der Waals surface area contributed by atoms with Gasteiger partial charge in [-0.2, -0.15) is 0 Å². The average Bonchev–Trinajstić information content (AvgIpc) is 2.18. The smallest absolute Gasteiger partial charge is 0.110 e. The molecule has 0 bridgehead atoms. The van der Waals surface area contributed by atoms with Crippen molar-refractivity contribution >= 4 is 0 Å². The lowest BCUT2D eigenvalue weighted by Crippen LogP contribution is -2.31. The molecule has 0 aliphatic carbocycles. The summed E-state index contributed by atoms with van der Waals surface area (Å²) in [4.78, 5) is 0. The summed E-state index contributed by atoms with van der Waals surface area (Å²) < 4.78 is 0. The summed E-state index contributed by atoms with van der Waals surface area (Å²) in [7, 11) is 0. The molecule has 0 rings (SSSR count). The van der Waals surface area contributed by atoms with E-state index in [0.29, 0.717) is 0 Å². The fourth-order valence-corrected chi connectivity index (χ4v) is 1.60. The number of allylic oxidation sites excluding steroid dienone is 4. The normalized spacial score (nSPS) is 14.5. The highest BCUT2D eigenvalue weighted by Crippen LogP contribution is 2.24. The maximum absolute atomic E-state index is 10.5. The third-order valence-corrected chi connectivity index (χ3v) is 2.20. The van der Waals surface area contributed by atoms with Gasteiger partial charge in [0.25, 0.3) is 0 Å². The molecule has 0 atom stereocenters. The minimum absolute atomic E-state index is 0.0140. The lowest BCUT2D eigenvalue weighted by atomic mass is 9.85. The molecule has 0 aliphatic heterocycles. The van der Waals surface area contributed by atoms with Crippen molar-refractivity contribution in [2.75, 3.05) is 0 Å². The summed E-state index contributed by atoms with van der Waals surface area (Å²) in [6, 6.07) is 0. The molecule has 1 heteroatoms. The molecule has 0 amide bonds. The predicted octanol–water partition coefficient (Wildman–Crippen LogP) is 3.64. The molecule has 84 valence electrons. The van der Waals surface area contributed by atoms with Gasteiger partial charge in [0.2, 0.25) is 0 Å². The highest BCUT2D eigenvalue weighted by Gasteiger charge is 2.26. The summed E-state index contributed by atoms with van der Waals surface area (Å²) >= 11 is 0. The van der Waals surface area contributed by atoms with Crippen LogP contribution in [0, 0.1) is 5.92 Å². The molecule has 0 aromatic heterocycles. The first-order chi connectivity index (χ1) is 7.14. The van der Waals surface area contributed by atoms with Gasteiger partial charge in [-0.25, -0.2) is 0 Å². The molecule has 0 aromatic rings. The van der Waals surface area contributed by atoms with Crippen molar-refractivity contribution in [1.29, 1.82) is 0 Å². The number of hydrogen-bond donors (Lipinski definition) is 1. The van der Waals surface area contributed by atoms with Gasteiger partial charge in [-0.3, -0.25) is 0 Å². The molecule has 0 radical (unpaired) electrons. The van der Waals surface area contributed by atoms with Gasteiger partial charge < -0.3 is 5.11 Å². The second-order valence-corrected chi connectivity index (χ2v) is 3.46. The lowest BCUT2D eigenvalue weighted by Gasteiger charge is -2.26. The Labute approximate surface area is 93.5 Å². The Morgan fingerprint density at radius 1 is 0.800 bits per heavy atom. The Kier molecular flexibility index (Phi) is 6.72. The van der Waals surface area contributed by atoms with Crippen LogP contribution in [0.25, 0.3) is 0 Å². The summed E-state index contributed by atoms with van der Waals surface area (Å²) in [5, 5.41) is 10.5. The van der Waals surface area contributed by atoms with Crippen LogP contribution in [0.5, 0.6) is 0 Å². The molecule has 0 aromatic carbocycles. The third-order valence-electron chi connectivity index (χ3n) is 2.20. The van der Waals surface area contributed by atoms with E-state index in [1.165, 1.54) is 0 Å². The van der Waals surface area contributed by atoms with Crippen molar-refractivity contribution in [2.45, 2.75) is 33.3 Å². The minimum atomic E-state index is -0.914. The van der Waals surface area contributed by atoms with Crippen LogP contribution in [0.4, 0.5) is 0 Å². The zero-order valence-electron chi connectivity index (χ0n) is 10.1. The Morgan fingerprint density at radius 3 is 1.47 bits per heavy atom. The SMILES string of the molecule is C/C=C/C(/C=C/C)C(O)(/C=C/C)/C=C/C. The topological polar surface area (TPSA) is 20.2 Å². The molecule has 0 fully saturated rings. The molecule has 0 heterocycles. The molecule has 15 heavy (non-hydrogen) atoms. The number of aliphatic hydroxyl groups is 1. The van der Waals surface area contributed by atoms with E-state index in [-0.39, 0.29) is 5.92 Å². The van der Waals surface area contributed by atoms with Crippen LogP contribution in [0.15, 0.2) is 48.6 Å². The molecular weight excluding hydrogens is 184 g/mol. The van der Waals surface area contributed by atoms with E-state index in [1.807, 2.05) is 76.3 Å². The predicted molar refractivity (Wildman–Crippen MR) is 67.7 cm³/mol. The first kappa shape index (κ1) is 13.9. The zero-order valence-corrected chi connectivity index (χ0v) is 10.1. The van der Waals surface area contributed by atoms with Crippen molar-refractivity contribution in [3.63, 3.8) is 0 Å². The highest BCUT2D eigenvalue weighted by atomic mass is 16.3. The van der Waals surface area contributed by atoms with Crippen LogP contribution in [-0.2, 0) is 0 Å². The van der Waals surface area contributed by atoms with Gasteiger partial charge in [0, 0.05) is 5.92 Å². The highest BCUT2D eigenvalue weighted by molar-refractivity contribution is 5.23. The van der Waals surface area contributed by atoms with Crippen molar-refractivity contribution in [2.24, 2.45) is 5.92 Å². The maximum Gasteiger partial charge on any atom is 0.110 e. The molecule has 0 aliphatic rings. The first-order valence-electron chi connectivity index (χ1n) is 5.40. The summed E-state index contributed by atoms with van der Waals surface area (Å²) in [5.74, 6) is -0.0140. The number of hydrogen-bond acceptors (Lipinski definition) is 1. The Bertz CT molecular complexity index is 245. The summed E-state index contributed by atoms with van der Waals surface area (Å²) in [5.41, 5.74) is -0.914. The largest absolute Gasteiger partial charge is 0.381 e. The monoisotopic (exact) mass is 206 g/mol. The molecular formula is C14H22O. The minimum Gasteiger partial charge on any atom is -0.381 e. The summed E-state index contributed by atoms with van der Waals surface area (Å²) in [6.45, 7) is 7.75. The Morgan fingerprint density at radius 2 is 1.20 bits per heavy atom. The standard InChI is InChI=1S/C14H22O/c1-5-9-13(10-6-2)14(15,11-7-3)12-8-4/h5-13,15H,1-4H3/b9-5+,10-6+,11-7+,12-8+. The second-order valence-electron chi connectivity index (χ2n) is 3.46. The molecule has 0 saturated carbocycles. The van der Waals surface area contributed by atoms with Crippen LogP contribution in [0.1, 0.15) is 27.7 Å². The van der Waals surface area contributed by atoms with Gasteiger partial charge in [-0.15, -0.1) is 0 Å². The van der Waals surface area contributed by atoms with Crippen molar-refractivity contribution in [3.05, 3.63) is 48.6 Å². The fraction of sp³-hybridized carbons (Fsp3) is 0.429. The molecule has 1 N–H and O–H groups in total.